The van der Waals surface area contributed by atoms with Gasteiger partial charge in [0.15, 0.2) is 5.11 Å². The number of hydrogen-bond donors (Lipinski definition) is 4. The largest absolute Gasteiger partial charge is 0.394 e. The van der Waals surface area contributed by atoms with E-state index in [0.29, 0.717) is 29.7 Å². The number of aliphatic hydroxyl groups is 2. The molecule has 2 aromatic carbocycles. The minimum Gasteiger partial charge on any atom is -0.394 e. The number of thiocarbonyl (C=S) groups is 1. The number of rotatable bonds is 10. The number of benzene rings is 2. The average Bonchev–Trinajstić information content (AvgIpc) is 3.44. The van der Waals surface area contributed by atoms with E-state index in [-0.39, 0.29) is 18.6 Å². The summed E-state index contributed by atoms with van der Waals surface area (Å²) in [6.45, 7) is 13.0. The van der Waals surface area contributed by atoms with Crippen molar-refractivity contribution in [3.05, 3.63) is 65.7 Å². The fourth-order valence-electron chi connectivity index (χ4n) is 8.75. The summed E-state index contributed by atoms with van der Waals surface area (Å²) in [6.07, 6.45) is 1.70. The Bertz CT molecular complexity index is 1380. The predicted molar refractivity (Wildman–Crippen MR) is 189 cm³/mol. The van der Waals surface area contributed by atoms with Gasteiger partial charge < -0.3 is 30.6 Å². The van der Waals surface area contributed by atoms with Gasteiger partial charge in [0.05, 0.1) is 19.3 Å². The Morgan fingerprint density at radius 2 is 1.79 bits per heavy atom. The van der Waals surface area contributed by atoms with E-state index in [2.05, 4.69) is 77.6 Å². The molecule has 8 atom stereocenters. The molecule has 256 valence electrons. The van der Waals surface area contributed by atoms with E-state index in [1.54, 1.807) is 12.0 Å². The molecule has 7 rings (SSSR count). The van der Waals surface area contributed by atoms with Crippen molar-refractivity contribution in [2.24, 2.45) is 29.1 Å². The third-order valence-corrected chi connectivity index (χ3v) is 12.2. The van der Waals surface area contributed by atoms with Crippen LogP contribution in [0, 0.1) is 29.1 Å². The van der Waals surface area contributed by atoms with E-state index in [4.69, 9.17) is 17.1 Å². The molecule has 47 heavy (non-hydrogen) atoms. The lowest BCUT2D eigenvalue weighted by Crippen LogP contribution is -2.62. The Morgan fingerprint density at radius 3 is 2.45 bits per heavy atom. The summed E-state index contributed by atoms with van der Waals surface area (Å²) in [5, 5.41) is 30.3. The minimum atomic E-state index is -0.814. The van der Waals surface area contributed by atoms with Crippen LogP contribution < -0.4 is 15.5 Å². The van der Waals surface area contributed by atoms with Crippen molar-refractivity contribution in [2.45, 2.75) is 77.8 Å². The van der Waals surface area contributed by atoms with Gasteiger partial charge in [-0.05, 0) is 84.8 Å². The van der Waals surface area contributed by atoms with Gasteiger partial charge in [0.1, 0.15) is 12.1 Å². The van der Waals surface area contributed by atoms with Crippen molar-refractivity contribution < 1.29 is 19.8 Å². The van der Waals surface area contributed by atoms with Crippen LogP contribution in [-0.2, 0) is 22.6 Å². The summed E-state index contributed by atoms with van der Waals surface area (Å²) in [5.41, 5.74) is 3.76. The quantitative estimate of drug-likeness (QED) is 0.285. The molecule has 5 aliphatic rings. The van der Waals surface area contributed by atoms with Crippen LogP contribution in [0.3, 0.4) is 0 Å². The van der Waals surface area contributed by atoms with E-state index < -0.39 is 24.2 Å². The topological polar surface area (TPSA) is 101 Å². The summed E-state index contributed by atoms with van der Waals surface area (Å²) in [4.78, 5) is 24.8. The number of nitrogens with zero attached hydrogens (tertiary/aromatic N) is 3. The number of piperazine rings is 1. The van der Waals surface area contributed by atoms with Gasteiger partial charge in [-0.2, -0.15) is 5.06 Å². The van der Waals surface area contributed by atoms with Gasteiger partial charge in [0, 0.05) is 50.4 Å². The maximum absolute atomic E-state index is 14.0. The lowest BCUT2D eigenvalue weighted by atomic mass is 9.45. The maximum Gasteiger partial charge on any atom is 0.240 e. The molecule has 1 amide bonds. The van der Waals surface area contributed by atoms with Gasteiger partial charge >= 0.3 is 0 Å². The van der Waals surface area contributed by atoms with Gasteiger partial charge in [-0.25, -0.2) is 0 Å². The molecule has 0 unspecified atom stereocenters. The van der Waals surface area contributed by atoms with Gasteiger partial charge in [-0.1, -0.05) is 63.2 Å². The molecule has 2 saturated heterocycles. The maximum atomic E-state index is 14.0. The fourth-order valence-corrected chi connectivity index (χ4v) is 9.04. The van der Waals surface area contributed by atoms with Crippen LogP contribution in [0.2, 0.25) is 0 Å². The Balaban J connectivity index is 1.07. The van der Waals surface area contributed by atoms with Crippen LogP contribution in [0.5, 0.6) is 0 Å². The van der Waals surface area contributed by atoms with Crippen molar-refractivity contribution in [1.82, 2.24) is 20.6 Å². The highest BCUT2D eigenvalue weighted by atomic mass is 32.1. The fraction of sp³-hybridized carbons (Fsp3) is 0.622. The third kappa shape index (κ3) is 7.17. The number of carbonyl (C=O) groups excluding carboxylic acids is 1. The molecular weight excluding hydrogens is 611 g/mol. The van der Waals surface area contributed by atoms with E-state index >= 15 is 0 Å². The standard InChI is InChI=1S/C37H53N5O4S/c1-24-30-20-28(37(30,3)4)21-31(24)39-35(45)34-33(25(2)44)32(23-43)46-42(34)22-27-11-8-12-29(19-27)40-15-17-41(18-16-40)36(47)38-14-13-26-9-6-5-7-10-26/h5-12,19,24-25,28,30-34,43-44H,13-18,20-23H2,1-4H3,(H,38,47)(H,39,45)/t24-,25-,28+,30-,31-,32-,33+,34-/m0/s1. The summed E-state index contributed by atoms with van der Waals surface area (Å²) in [6, 6.07) is 18.2. The number of amides is 1. The van der Waals surface area contributed by atoms with Crippen molar-refractivity contribution >= 4 is 28.9 Å². The molecule has 0 aromatic heterocycles. The molecule has 2 bridgehead atoms. The molecule has 10 heteroatoms. The summed E-state index contributed by atoms with van der Waals surface area (Å²) < 4.78 is 0. The molecule has 0 radical (unpaired) electrons. The lowest BCUT2D eigenvalue weighted by molar-refractivity contribution is -0.183. The molecular formula is C37H53N5O4S. The highest BCUT2D eigenvalue weighted by Crippen LogP contribution is 2.61. The number of fused-ring (bicyclic) bond motifs is 2. The van der Waals surface area contributed by atoms with Gasteiger partial charge in [-0.15, -0.1) is 0 Å². The number of hydrogen-bond acceptors (Lipinski definition) is 7. The molecule has 2 heterocycles. The first-order valence-corrected chi connectivity index (χ1v) is 17.9. The van der Waals surface area contributed by atoms with Crippen LogP contribution >= 0.6 is 12.2 Å². The monoisotopic (exact) mass is 663 g/mol. The number of carbonyl (C=O) groups is 1. The van der Waals surface area contributed by atoms with Crippen molar-refractivity contribution in [3.8, 4) is 0 Å². The zero-order chi connectivity index (χ0) is 33.3. The van der Waals surface area contributed by atoms with Crippen LogP contribution in [0.25, 0.3) is 0 Å². The molecule has 2 aliphatic heterocycles. The lowest BCUT2D eigenvalue weighted by Gasteiger charge is -2.62. The van der Waals surface area contributed by atoms with Crippen LogP contribution in [0.1, 0.15) is 51.7 Å². The predicted octanol–water partition coefficient (Wildman–Crippen LogP) is 3.59. The molecule has 9 nitrogen and oxygen atoms in total. The highest BCUT2D eigenvalue weighted by molar-refractivity contribution is 7.80. The first-order chi connectivity index (χ1) is 22.6. The van der Waals surface area contributed by atoms with E-state index in [0.717, 1.165) is 61.9 Å². The number of nitrogens with one attached hydrogen (secondary N) is 2. The first-order valence-electron chi connectivity index (χ1n) is 17.5. The second-order valence-corrected chi connectivity index (χ2v) is 15.2. The molecule has 4 N–H and O–H groups in total. The van der Waals surface area contributed by atoms with Crippen molar-refractivity contribution in [3.63, 3.8) is 0 Å². The molecule has 3 saturated carbocycles. The number of anilines is 1. The molecule has 3 aliphatic carbocycles. The van der Waals surface area contributed by atoms with E-state index in [9.17, 15) is 15.0 Å². The second kappa shape index (κ2) is 14.4. The Hall–Kier alpha value is -2.76. The van der Waals surface area contributed by atoms with E-state index in [1.165, 1.54) is 12.0 Å². The number of hydroxylamine groups is 2. The Labute approximate surface area is 285 Å². The molecule has 5 fully saturated rings. The summed E-state index contributed by atoms with van der Waals surface area (Å²) in [5.74, 6) is 0.967. The zero-order valence-corrected chi connectivity index (χ0v) is 29.2. The second-order valence-electron chi connectivity index (χ2n) is 14.8. The van der Waals surface area contributed by atoms with Crippen LogP contribution in [0.15, 0.2) is 54.6 Å². The number of aliphatic hydroxyl groups excluding tert-OH is 2. The average molecular weight is 664 g/mol. The highest BCUT2D eigenvalue weighted by Gasteiger charge is 2.57. The SMILES string of the molecule is C[C@@H]1[C@@H](NC(=O)[C@@H]2[C@H]([C@H](C)O)[C@H](CO)ON2Cc2cccc(N3CCN(C(=S)NCCc4ccccc4)CC3)c2)C[C@H]2C[C@@H]1C2(C)C. The third-order valence-electron chi connectivity index (χ3n) is 11.8. The van der Waals surface area contributed by atoms with Gasteiger partial charge in [-0.3, -0.25) is 9.63 Å². The summed E-state index contributed by atoms with van der Waals surface area (Å²) in [7, 11) is 0. The molecule has 2 aromatic rings. The zero-order valence-electron chi connectivity index (χ0n) is 28.3. The van der Waals surface area contributed by atoms with Crippen molar-refractivity contribution in [2.75, 3.05) is 44.2 Å². The van der Waals surface area contributed by atoms with Crippen molar-refractivity contribution in [1.29, 1.82) is 0 Å². The minimum absolute atomic E-state index is 0.109. The first kappa shape index (κ1) is 34.1. The van der Waals surface area contributed by atoms with Gasteiger partial charge in [0.2, 0.25) is 5.91 Å². The van der Waals surface area contributed by atoms with E-state index in [1.807, 2.05) is 18.2 Å². The van der Waals surface area contributed by atoms with Gasteiger partial charge in [0.25, 0.3) is 0 Å². The smallest absolute Gasteiger partial charge is 0.240 e. The van der Waals surface area contributed by atoms with Crippen LogP contribution in [0.4, 0.5) is 5.69 Å². The Morgan fingerprint density at radius 1 is 1.06 bits per heavy atom. The summed E-state index contributed by atoms with van der Waals surface area (Å²) >= 11 is 5.71. The normalized spacial score (nSPS) is 30.8. The Kier molecular flexibility index (Phi) is 10.4. The molecule has 0 spiro atoms. The van der Waals surface area contributed by atoms with Crippen LogP contribution in [-0.4, -0.2) is 94.8 Å².